The van der Waals surface area contributed by atoms with E-state index in [1.165, 1.54) is 0 Å². The second-order valence-electron chi connectivity index (χ2n) is 8.46. The first-order chi connectivity index (χ1) is 17.0. The lowest BCUT2D eigenvalue weighted by molar-refractivity contribution is -0.141. The molecule has 4 rings (SSSR count). The molecule has 2 heterocycles. The van der Waals surface area contributed by atoms with Crippen LogP contribution >= 0.6 is 11.6 Å². The number of amides is 1. The van der Waals surface area contributed by atoms with Gasteiger partial charge in [0.25, 0.3) is 5.91 Å². The third-order valence-corrected chi connectivity index (χ3v) is 7.72. The Morgan fingerprint density at radius 3 is 2.53 bits per heavy atom. The first-order valence-corrected chi connectivity index (χ1v) is 13.4. The van der Waals surface area contributed by atoms with Gasteiger partial charge >= 0.3 is 6.18 Å². The summed E-state index contributed by atoms with van der Waals surface area (Å²) >= 11 is 6.24. The highest BCUT2D eigenvalue weighted by atomic mass is 35.5. The van der Waals surface area contributed by atoms with E-state index < -0.39 is 39.6 Å². The highest BCUT2D eigenvalue weighted by Crippen LogP contribution is 2.34. The van der Waals surface area contributed by atoms with Crippen LogP contribution in [0.4, 0.5) is 18.9 Å². The summed E-state index contributed by atoms with van der Waals surface area (Å²) in [6, 6.07) is 7.74. The van der Waals surface area contributed by atoms with Gasteiger partial charge in [-0.3, -0.25) is 9.69 Å². The summed E-state index contributed by atoms with van der Waals surface area (Å²) in [4.78, 5) is 14.4. The Kier molecular flexibility index (Phi) is 7.76. The Balaban J connectivity index is 1.36. The van der Waals surface area contributed by atoms with Crippen molar-refractivity contribution in [3.63, 3.8) is 0 Å². The fraction of sp³-hybridized carbons (Fsp3) is 0.391. The van der Waals surface area contributed by atoms with Gasteiger partial charge in [-0.1, -0.05) is 24.3 Å². The quantitative estimate of drug-likeness (QED) is 0.536. The molecule has 2 aromatic rings. The van der Waals surface area contributed by atoms with E-state index >= 15 is 0 Å². The fourth-order valence-electron chi connectivity index (χ4n) is 3.78. The third kappa shape index (κ3) is 6.68. The maximum absolute atomic E-state index is 13.2. The van der Waals surface area contributed by atoms with Crippen LogP contribution in [-0.2, 0) is 27.4 Å². The SMILES string of the molecule is O=C(COc1cc(C(F)(F)F)nn1C1=CC=CCC1Cl)Nc1ccc(CN2CCS(=O)(=O)CC2)cc1. The summed E-state index contributed by atoms with van der Waals surface area (Å²) in [7, 11) is -2.95. The minimum absolute atomic E-state index is 0.143. The van der Waals surface area contributed by atoms with Crippen LogP contribution in [0, 0.1) is 0 Å². The number of nitrogens with one attached hydrogen (secondary N) is 1. The van der Waals surface area contributed by atoms with E-state index in [9.17, 15) is 26.4 Å². The van der Waals surface area contributed by atoms with Crippen molar-refractivity contribution in [1.29, 1.82) is 0 Å². The molecule has 13 heteroatoms. The van der Waals surface area contributed by atoms with Crippen molar-refractivity contribution < 1.29 is 31.1 Å². The van der Waals surface area contributed by atoms with E-state index in [0.717, 1.165) is 16.3 Å². The van der Waals surface area contributed by atoms with Crippen LogP contribution < -0.4 is 10.1 Å². The summed E-state index contributed by atoms with van der Waals surface area (Å²) < 4.78 is 69.2. The molecule has 1 saturated heterocycles. The van der Waals surface area contributed by atoms with Crippen LogP contribution in [0.2, 0.25) is 0 Å². The molecule has 0 saturated carbocycles. The van der Waals surface area contributed by atoms with Crippen LogP contribution in [-0.4, -0.2) is 65.6 Å². The molecule has 1 amide bonds. The summed E-state index contributed by atoms with van der Waals surface area (Å²) in [5.41, 5.74) is 0.600. The molecule has 8 nitrogen and oxygen atoms in total. The molecule has 1 aliphatic heterocycles. The molecule has 1 fully saturated rings. The average Bonchev–Trinajstić information content (AvgIpc) is 3.25. The number of aromatic nitrogens is 2. The number of ether oxygens (including phenoxy) is 1. The number of benzene rings is 1. The molecular weight excluding hydrogens is 521 g/mol. The number of carbonyl (C=O) groups excluding carboxylic acids is 1. The van der Waals surface area contributed by atoms with E-state index in [0.29, 0.717) is 37.4 Å². The molecule has 1 aromatic heterocycles. The number of hydrogen-bond donors (Lipinski definition) is 1. The number of sulfone groups is 1. The van der Waals surface area contributed by atoms with Gasteiger partial charge in [-0.25, -0.2) is 13.1 Å². The van der Waals surface area contributed by atoms with Crippen molar-refractivity contribution in [1.82, 2.24) is 14.7 Å². The second kappa shape index (κ2) is 10.7. The van der Waals surface area contributed by atoms with Gasteiger partial charge in [-0.05, 0) is 30.2 Å². The largest absolute Gasteiger partial charge is 0.467 e. The van der Waals surface area contributed by atoms with Crippen LogP contribution in [0.1, 0.15) is 17.7 Å². The molecule has 1 atom stereocenters. The molecule has 36 heavy (non-hydrogen) atoms. The Morgan fingerprint density at radius 2 is 1.89 bits per heavy atom. The molecule has 0 radical (unpaired) electrons. The topological polar surface area (TPSA) is 93.5 Å². The third-order valence-electron chi connectivity index (χ3n) is 5.71. The van der Waals surface area contributed by atoms with Gasteiger partial charge in [0.2, 0.25) is 5.88 Å². The first-order valence-electron chi connectivity index (χ1n) is 11.1. The lowest BCUT2D eigenvalue weighted by atomic mass is 10.1. The number of rotatable bonds is 7. The zero-order valence-electron chi connectivity index (χ0n) is 19.0. The number of nitrogens with zero attached hydrogens (tertiary/aromatic N) is 3. The number of anilines is 1. The molecule has 0 bridgehead atoms. The van der Waals surface area contributed by atoms with E-state index in [1.54, 1.807) is 30.4 Å². The van der Waals surface area contributed by atoms with Gasteiger partial charge in [0.15, 0.2) is 22.1 Å². The van der Waals surface area contributed by atoms with Crippen molar-refractivity contribution >= 4 is 38.7 Å². The van der Waals surface area contributed by atoms with Crippen LogP contribution in [0.15, 0.2) is 48.6 Å². The normalized spacial score (nSPS) is 20.1. The Hall–Kier alpha value is -2.83. The van der Waals surface area contributed by atoms with Gasteiger partial charge in [0, 0.05) is 31.4 Å². The maximum Gasteiger partial charge on any atom is 0.435 e. The molecule has 0 spiro atoms. The van der Waals surface area contributed by atoms with Crippen molar-refractivity contribution in [2.45, 2.75) is 24.5 Å². The highest BCUT2D eigenvalue weighted by molar-refractivity contribution is 7.91. The monoisotopic (exact) mass is 544 g/mol. The van der Waals surface area contributed by atoms with Gasteiger partial charge in [0.05, 0.1) is 22.6 Å². The number of allylic oxidation sites excluding steroid dienone is 4. The molecule has 2 aliphatic rings. The van der Waals surface area contributed by atoms with Crippen molar-refractivity contribution in [2.24, 2.45) is 0 Å². The van der Waals surface area contributed by atoms with E-state index in [1.807, 2.05) is 17.0 Å². The van der Waals surface area contributed by atoms with Crippen molar-refractivity contribution in [2.75, 3.05) is 36.5 Å². The van der Waals surface area contributed by atoms with Gasteiger partial charge in [-0.2, -0.15) is 18.3 Å². The number of hydrogen-bond acceptors (Lipinski definition) is 6. The van der Waals surface area contributed by atoms with Gasteiger partial charge < -0.3 is 10.1 Å². The minimum Gasteiger partial charge on any atom is -0.467 e. The van der Waals surface area contributed by atoms with E-state index in [4.69, 9.17) is 16.3 Å². The molecule has 1 aliphatic carbocycles. The fourth-order valence-corrected chi connectivity index (χ4v) is 5.32. The zero-order valence-corrected chi connectivity index (χ0v) is 20.6. The Bertz CT molecular complexity index is 1260. The van der Waals surface area contributed by atoms with Gasteiger partial charge in [0.1, 0.15) is 0 Å². The van der Waals surface area contributed by atoms with Crippen molar-refractivity contribution in [3.05, 3.63) is 59.8 Å². The highest BCUT2D eigenvalue weighted by Gasteiger charge is 2.36. The summed E-state index contributed by atoms with van der Waals surface area (Å²) in [6.07, 6.45) is 0.720. The molecule has 194 valence electrons. The van der Waals surface area contributed by atoms with E-state index in [2.05, 4.69) is 10.4 Å². The predicted molar refractivity (Wildman–Crippen MR) is 129 cm³/mol. The molecule has 1 N–H and O–H groups in total. The van der Waals surface area contributed by atoms with Crippen molar-refractivity contribution in [3.8, 4) is 5.88 Å². The number of carbonyl (C=O) groups is 1. The second-order valence-corrected chi connectivity index (χ2v) is 11.3. The summed E-state index contributed by atoms with van der Waals surface area (Å²) in [6.45, 7) is 0.999. The summed E-state index contributed by atoms with van der Waals surface area (Å²) in [5, 5.41) is 5.63. The lowest BCUT2D eigenvalue weighted by Gasteiger charge is -2.26. The first kappa shape index (κ1) is 26.2. The smallest absolute Gasteiger partial charge is 0.435 e. The van der Waals surface area contributed by atoms with E-state index in [-0.39, 0.29) is 17.4 Å². The lowest BCUT2D eigenvalue weighted by Crippen LogP contribution is -2.39. The molecule has 1 aromatic carbocycles. The van der Waals surface area contributed by atoms with Crippen LogP contribution in [0.25, 0.3) is 5.70 Å². The summed E-state index contributed by atoms with van der Waals surface area (Å²) in [5.74, 6) is -0.525. The molecule has 1 unspecified atom stereocenters. The Labute approximate surface area is 211 Å². The van der Waals surface area contributed by atoms with Crippen LogP contribution in [0.5, 0.6) is 5.88 Å². The predicted octanol–water partition coefficient (Wildman–Crippen LogP) is 3.56. The zero-order chi connectivity index (χ0) is 25.9. The molecular formula is C23H24ClF3N4O4S. The Morgan fingerprint density at radius 1 is 1.19 bits per heavy atom. The minimum atomic E-state index is -4.69. The average molecular weight is 545 g/mol. The standard InChI is InChI=1S/C23H24ClF3N4O4S/c24-18-3-1-2-4-19(18)31-22(13-20(29-31)23(25,26)27)35-15-21(32)28-17-7-5-16(6-8-17)14-30-9-11-36(33,34)12-10-30/h1-2,4-8,13,18H,3,9-12,14-15H2,(H,28,32). The maximum atomic E-state index is 13.2. The number of halogens is 4. The van der Waals surface area contributed by atoms with Crippen LogP contribution in [0.3, 0.4) is 0 Å². The number of alkyl halides is 4. The van der Waals surface area contributed by atoms with Gasteiger partial charge in [-0.15, -0.1) is 11.6 Å².